The summed E-state index contributed by atoms with van der Waals surface area (Å²) in [5.74, 6) is 0.422. The van der Waals surface area contributed by atoms with Gasteiger partial charge in [0.2, 0.25) is 0 Å². The maximum atomic E-state index is 8.86. The van der Waals surface area contributed by atoms with Gasteiger partial charge in [-0.1, -0.05) is 25.2 Å². The van der Waals surface area contributed by atoms with Crippen LogP contribution < -0.4 is 0 Å². The molecule has 1 heterocycles. The third-order valence-electron chi connectivity index (χ3n) is 2.14. The first kappa shape index (κ1) is 9.49. The Morgan fingerprint density at radius 2 is 2.33 bits per heavy atom. The number of aliphatic hydroxyl groups excluding tert-OH is 1. The summed E-state index contributed by atoms with van der Waals surface area (Å²) < 4.78 is 5.58. The Bertz CT molecular complexity index is 175. The van der Waals surface area contributed by atoms with E-state index in [1.165, 1.54) is 0 Å². The van der Waals surface area contributed by atoms with Crippen molar-refractivity contribution in [3.63, 3.8) is 0 Å². The molecule has 0 bridgehead atoms. The minimum absolute atomic E-state index is 0.0663. The molecule has 12 heavy (non-hydrogen) atoms. The van der Waals surface area contributed by atoms with Crippen LogP contribution in [-0.4, -0.2) is 23.9 Å². The van der Waals surface area contributed by atoms with Gasteiger partial charge < -0.3 is 9.84 Å². The summed E-state index contributed by atoms with van der Waals surface area (Å²) in [7, 11) is 0. The third kappa shape index (κ3) is 2.19. The van der Waals surface area contributed by atoms with E-state index in [2.05, 4.69) is 19.6 Å². The van der Waals surface area contributed by atoms with E-state index in [0.717, 1.165) is 6.42 Å². The average molecular weight is 168 g/mol. The Hall–Kier alpha value is -0.600. The summed E-state index contributed by atoms with van der Waals surface area (Å²) in [5.41, 5.74) is 0. The first-order valence-corrected chi connectivity index (χ1v) is 4.33. The van der Waals surface area contributed by atoms with Crippen LogP contribution in [0.4, 0.5) is 0 Å². The van der Waals surface area contributed by atoms with E-state index in [1.54, 1.807) is 0 Å². The summed E-state index contributed by atoms with van der Waals surface area (Å²) in [6.07, 6.45) is 6.79. The summed E-state index contributed by atoms with van der Waals surface area (Å²) in [4.78, 5) is 0. The Labute approximate surface area is 73.5 Å². The van der Waals surface area contributed by atoms with Gasteiger partial charge in [-0.2, -0.15) is 0 Å². The topological polar surface area (TPSA) is 29.5 Å². The van der Waals surface area contributed by atoms with E-state index in [-0.39, 0.29) is 18.8 Å². The highest BCUT2D eigenvalue weighted by molar-refractivity contribution is 5.01. The lowest BCUT2D eigenvalue weighted by Crippen LogP contribution is -2.31. The van der Waals surface area contributed by atoms with Crippen LogP contribution >= 0.6 is 0 Å². The van der Waals surface area contributed by atoms with Crippen LogP contribution in [0.1, 0.15) is 13.3 Å². The van der Waals surface area contributed by atoms with Gasteiger partial charge in [-0.15, -0.1) is 6.58 Å². The molecule has 0 fully saturated rings. The van der Waals surface area contributed by atoms with Crippen LogP contribution in [0.5, 0.6) is 0 Å². The Morgan fingerprint density at radius 3 is 2.92 bits per heavy atom. The van der Waals surface area contributed by atoms with Crippen molar-refractivity contribution in [2.75, 3.05) is 6.61 Å². The van der Waals surface area contributed by atoms with Crippen LogP contribution in [0.15, 0.2) is 24.8 Å². The third-order valence-corrected chi connectivity index (χ3v) is 2.14. The fraction of sp³-hybridized carbons (Fsp3) is 0.600. The lowest BCUT2D eigenvalue weighted by atomic mass is 9.98. The molecule has 1 aliphatic rings. The van der Waals surface area contributed by atoms with Gasteiger partial charge in [-0.3, -0.25) is 0 Å². The molecular weight excluding hydrogens is 152 g/mol. The normalized spacial score (nSPS) is 35.0. The van der Waals surface area contributed by atoms with Gasteiger partial charge in [0.05, 0.1) is 18.8 Å². The molecule has 2 heteroatoms. The summed E-state index contributed by atoms with van der Waals surface area (Å²) in [5, 5.41) is 8.86. The van der Waals surface area contributed by atoms with Crippen molar-refractivity contribution in [3.05, 3.63) is 24.8 Å². The maximum Gasteiger partial charge on any atom is 0.0990 e. The number of aliphatic hydroxyl groups is 1. The lowest BCUT2D eigenvalue weighted by Gasteiger charge is -2.28. The van der Waals surface area contributed by atoms with Crippen LogP contribution in [0, 0.1) is 5.92 Å². The zero-order valence-electron chi connectivity index (χ0n) is 7.44. The molecule has 1 aliphatic heterocycles. The standard InChI is InChI=1S/C10H16O2/c1-3-4-10-8(2)5-6-9(7-11)12-10/h3,5-6,8-11H,1,4,7H2,2H3. The number of ether oxygens (including phenoxy) is 1. The highest BCUT2D eigenvalue weighted by Gasteiger charge is 2.21. The molecule has 3 atom stereocenters. The van der Waals surface area contributed by atoms with Crippen LogP contribution in [0.2, 0.25) is 0 Å². The fourth-order valence-electron chi connectivity index (χ4n) is 1.36. The van der Waals surface area contributed by atoms with Crippen LogP contribution in [0.3, 0.4) is 0 Å². The van der Waals surface area contributed by atoms with E-state index in [1.807, 2.05) is 12.2 Å². The Morgan fingerprint density at radius 1 is 1.58 bits per heavy atom. The zero-order chi connectivity index (χ0) is 8.97. The number of hydrogen-bond acceptors (Lipinski definition) is 2. The van der Waals surface area contributed by atoms with E-state index in [0.29, 0.717) is 5.92 Å². The largest absolute Gasteiger partial charge is 0.393 e. The number of rotatable bonds is 3. The molecular formula is C10H16O2. The number of hydrogen-bond donors (Lipinski definition) is 1. The minimum Gasteiger partial charge on any atom is -0.393 e. The molecule has 1 N–H and O–H groups in total. The van der Waals surface area contributed by atoms with Crippen molar-refractivity contribution in [2.24, 2.45) is 5.92 Å². The van der Waals surface area contributed by atoms with Crippen molar-refractivity contribution in [3.8, 4) is 0 Å². The second-order valence-electron chi connectivity index (χ2n) is 3.16. The highest BCUT2D eigenvalue weighted by Crippen LogP contribution is 2.20. The predicted molar refractivity (Wildman–Crippen MR) is 48.9 cm³/mol. The molecule has 68 valence electrons. The summed E-state index contributed by atoms with van der Waals surface area (Å²) in [6, 6.07) is 0. The molecule has 0 saturated heterocycles. The van der Waals surface area contributed by atoms with Gasteiger partial charge >= 0.3 is 0 Å². The first-order valence-electron chi connectivity index (χ1n) is 4.33. The van der Waals surface area contributed by atoms with Gasteiger partial charge in [0.1, 0.15) is 0 Å². The molecule has 0 aromatic rings. The quantitative estimate of drug-likeness (QED) is 0.647. The highest BCUT2D eigenvalue weighted by atomic mass is 16.5. The fourth-order valence-corrected chi connectivity index (χ4v) is 1.36. The second kappa shape index (κ2) is 4.43. The smallest absolute Gasteiger partial charge is 0.0990 e. The molecule has 0 spiro atoms. The molecule has 0 saturated carbocycles. The average Bonchev–Trinajstić information content (AvgIpc) is 2.09. The molecule has 3 unspecified atom stereocenters. The van der Waals surface area contributed by atoms with Crippen molar-refractivity contribution in [2.45, 2.75) is 25.6 Å². The van der Waals surface area contributed by atoms with E-state index < -0.39 is 0 Å². The van der Waals surface area contributed by atoms with Crippen molar-refractivity contribution >= 4 is 0 Å². The van der Waals surface area contributed by atoms with Gasteiger partial charge in [-0.25, -0.2) is 0 Å². The van der Waals surface area contributed by atoms with Crippen molar-refractivity contribution < 1.29 is 9.84 Å². The SMILES string of the molecule is C=CCC1OC(CO)C=CC1C. The van der Waals surface area contributed by atoms with Gasteiger partial charge in [0.15, 0.2) is 0 Å². The van der Waals surface area contributed by atoms with Crippen LogP contribution in [-0.2, 0) is 4.74 Å². The predicted octanol–water partition coefficient (Wildman–Crippen LogP) is 1.51. The molecule has 2 nitrogen and oxygen atoms in total. The Balaban J connectivity index is 2.53. The molecule has 0 aromatic heterocycles. The molecule has 0 aromatic carbocycles. The van der Waals surface area contributed by atoms with E-state index >= 15 is 0 Å². The minimum atomic E-state index is -0.119. The van der Waals surface area contributed by atoms with Crippen molar-refractivity contribution in [1.82, 2.24) is 0 Å². The van der Waals surface area contributed by atoms with Crippen LogP contribution in [0.25, 0.3) is 0 Å². The van der Waals surface area contributed by atoms with Gasteiger partial charge in [0.25, 0.3) is 0 Å². The molecule has 1 rings (SSSR count). The summed E-state index contributed by atoms with van der Waals surface area (Å²) >= 11 is 0. The molecule has 0 amide bonds. The maximum absolute atomic E-state index is 8.86. The van der Waals surface area contributed by atoms with Gasteiger partial charge in [0, 0.05) is 5.92 Å². The lowest BCUT2D eigenvalue weighted by molar-refractivity contribution is -0.0379. The monoisotopic (exact) mass is 168 g/mol. The van der Waals surface area contributed by atoms with Crippen molar-refractivity contribution in [1.29, 1.82) is 0 Å². The molecule has 0 aliphatic carbocycles. The van der Waals surface area contributed by atoms with Gasteiger partial charge in [-0.05, 0) is 6.42 Å². The molecule has 0 radical (unpaired) electrons. The van der Waals surface area contributed by atoms with E-state index in [4.69, 9.17) is 9.84 Å². The Kier molecular flexibility index (Phi) is 3.50. The summed E-state index contributed by atoms with van der Waals surface area (Å²) in [6.45, 7) is 5.85. The first-order chi connectivity index (χ1) is 5.77. The second-order valence-corrected chi connectivity index (χ2v) is 3.16. The van der Waals surface area contributed by atoms with E-state index in [9.17, 15) is 0 Å². The zero-order valence-corrected chi connectivity index (χ0v) is 7.44.